The Hall–Kier alpha value is -2.90. The van der Waals surface area contributed by atoms with Crippen molar-refractivity contribution in [2.24, 2.45) is 5.92 Å². The first kappa shape index (κ1) is 16.9. The highest BCUT2D eigenvalue weighted by Gasteiger charge is 2.28. The van der Waals surface area contributed by atoms with E-state index < -0.39 is 17.7 Å². The van der Waals surface area contributed by atoms with Crippen LogP contribution in [0.1, 0.15) is 18.5 Å². The molecule has 3 rings (SSSR count). The summed E-state index contributed by atoms with van der Waals surface area (Å²) in [4.78, 5) is 25.0. The van der Waals surface area contributed by atoms with E-state index in [0.717, 1.165) is 0 Å². The second-order valence-electron chi connectivity index (χ2n) is 6.06. The fraction of sp³-hybridized carbons (Fsp3) is 0.353. The molecule has 1 aromatic carbocycles. The fourth-order valence-electron chi connectivity index (χ4n) is 2.96. The first-order valence-electron chi connectivity index (χ1n) is 8.05. The van der Waals surface area contributed by atoms with Gasteiger partial charge in [0.2, 0.25) is 0 Å². The van der Waals surface area contributed by atoms with E-state index in [9.17, 15) is 14.0 Å². The molecule has 8 heteroatoms. The molecule has 1 saturated heterocycles. The summed E-state index contributed by atoms with van der Waals surface area (Å²) in [7, 11) is 0. The molecular formula is C17H19FN4O3. The molecule has 0 spiro atoms. The lowest BCUT2D eigenvalue weighted by Gasteiger charge is -2.30. The number of aromatic nitrogens is 2. The molecule has 1 fully saturated rings. The third-order valence-corrected chi connectivity index (χ3v) is 4.39. The van der Waals surface area contributed by atoms with Crippen LogP contribution in [-0.4, -0.2) is 44.9 Å². The van der Waals surface area contributed by atoms with Crippen LogP contribution in [0.25, 0.3) is 5.69 Å². The predicted molar refractivity (Wildman–Crippen MR) is 89.2 cm³/mol. The smallest absolute Gasteiger partial charge is 0.321 e. The molecule has 0 radical (unpaired) electrons. The van der Waals surface area contributed by atoms with Crippen LogP contribution in [0, 0.1) is 18.7 Å². The maximum Gasteiger partial charge on any atom is 0.321 e. The summed E-state index contributed by atoms with van der Waals surface area (Å²) >= 11 is 0. The third kappa shape index (κ3) is 3.47. The number of anilines is 1. The third-order valence-electron chi connectivity index (χ3n) is 4.39. The molecule has 132 valence electrons. The Bertz CT molecular complexity index is 805. The number of aliphatic carboxylic acids is 1. The molecule has 0 aliphatic carbocycles. The molecule has 1 aromatic heterocycles. The maximum absolute atomic E-state index is 13.9. The predicted octanol–water partition coefficient (Wildman–Crippen LogP) is 2.65. The first-order valence-corrected chi connectivity index (χ1v) is 8.05. The van der Waals surface area contributed by atoms with Gasteiger partial charge in [-0.05, 0) is 31.9 Å². The lowest BCUT2D eigenvalue weighted by Crippen LogP contribution is -2.44. The van der Waals surface area contributed by atoms with Crippen LogP contribution < -0.4 is 5.32 Å². The molecule has 2 heterocycles. The number of halogens is 1. The Morgan fingerprint density at radius 1 is 1.36 bits per heavy atom. The van der Waals surface area contributed by atoms with Crippen LogP contribution in [0.4, 0.5) is 14.9 Å². The topological polar surface area (TPSA) is 87.5 Å². The molecule has 2 amide bonds. The van der Waals surface area contributed by atoms with Crippen molar-refractivity contribution in [2.75, 3.05) is 18.4 Å². The van der Waals surface area contributed by atoms with Crippen molar-refractivity contribution < 1.29 is 19.1 Å². The molecule has 7 nitrogen and oxygen atoms in total. The van der Waals surface area contributed by atoms with Crippen LogP contribution in [0.3, 0.4) is 0 Å². The number of urea groups is 1. The normalized spacial score (nSPS) is 17.4. The van der Waals surface area contributed by atoms with E-state index in [2.05, 4.69) is 10.4 Å². The van der Waals surface area contributed by atoms with Crippen LogP contribution in [0.5, 0.6) is 0 Å². The fourth-order valence-corrected chi connectivity index (χ4v) is 2.96. The first-order chi connectivity index (χ1) is 12.0. The van der Waals surface area contributed by atoms with E-state index in [4.69, 9.17) is 5.11 Å². The lowest BCUT2D eigenvalue weighted by atomic mass is 9.99. The van der Waals surface area contributed by atoms with Crippen LogP contribution in [0.2, 0.25) is 0 Å². The largest absolute Gasteiger partial charge is 0.481 e. The number of benzene rings is 1. The average molecular weight is 346 g/mol. The Morgan fingerprint density at radius 3 is 2.84 bits per heavy atom. The Labute approximate surface area is 144 Å². The van der Waals surface area contributed by atoms with Gasteiger partial charge in [0.25, 0.3) is 0 Å². The number of amides is 2. The Balaban J connectivity index is 1.75. The number of para-hydroxylation sites is 1. The van der Waals surface area contributed by atoms with E-state index in [-0.39, 0.29) is 12.6 Å². The monoisotopic (exact) mass is 346 g/mol. The number of nitrogens with zero attached hydrogens (tertiary/aromatic N) is 3. The average Bonchev–Trinajstić information content (AvgIpc) is 2.96. The number of carboxylic acids is 1. The minimum Gasteiger partial charge on any atom is -0.481 e. The van der Waals surface area contributed by atoms with Crippen molar-refractivity contribution >= 4 is 17.7 Å². The highest BCUT2D eigenvalue weighted by atomic mass is 19.1. The number of hydrogen-bond acceptors (Lipinski definition) is 3. The summed E-state index contributed by atoms with van der Waals surface area (Å²) in [5.41, 5.74) is 1.35. The van der Waals surface area contributed by atoms with E-state index in [1.165, 1.54) is 21.8 Å². The number of piperidine rings is 1. The van der Waals surface area contributed by atoms with E-state index in [1.807, 2.05) is 0 Å². The number of nitrogens with one attached hydrogen (secondary N) is 1. The summed E-state index contributed by atoms with van der Waals surface area (Å²) in [6.45, 7) is 2.42. The number of rotatable bonds is 3. The van der Waals surface area contributed by atoms with Gasteiger partial charge in [-0.1, -0.05) is 12.1 Å². The van der Waals surface area contributed by atoms with Crippen molar-refractivity contribution in [3.8, 4) is 5.69 Å². The second-order valence-corrected chi connectivity index (χ2v) is 6.06. The summed E-state index contributed by atoms with van der Waals surface area (Å²) < 4.78 is 15.3. The Kier molecular flexibility index (Phi) is 4.69. The van der Waals surface area contributed by atoms with Gasteiger partial charge in [-0.2, -0.15) is 5.10 Å². The van der Waals surface area contributed by atoms with Crippen molar-refractivity contribution in [3.05, 3.63) is 42.0 Å². The van der Waals surface area contributed by atoms with Gasteiger partial charge in [-0.3, -0.25) is 4.79 Å². The zero-order chi connectivity index (χ0) is 18.0. The zero-order valence-electron chi connectivity index (χ0n) is 13.8. The molecule has 2 N–H and O–H groups in total. The number of carboxylic acid groups (broad SMARTS) is 1. The molecule has 25 heavy (non-hydrogen) atoms. The molecule has 0 saturated carbocycles. The van der Waals surface area contributed by atoms with Gasteiger partial charge in [0, 0.05) is 13.1 Å². The number of carbonyl (C=O) groups is 2. The SMILES string of the molecule is Cc1c(NC(=O)N2CCCC(C(=O)O)C2)cnn1-c1ccccc1F. The molecular weight excluding hydrogens is 327 g/mol. The Morgan fingerprint density at radius 2 is 2.12 bits per heavy atom. The minimum absolute atomic E-state index is 0.182. The van der Waals surface area contributed by atoms with Crippen LogP contribution in [0.15, 0.2) is 30.5 Å². The minimum atomic E-state index is -0.888. The quantitative estimate of drug-likeness (QED) is 0.894. The van der Waals surface area contributed by atoms with Crippen molar-refractivity contribution in [2.45, 2.75) is 19.8 Å². The zero-order valence-corrected chi connectivity index (χ0v) is 13.8. The standard InChI is InChI=1S/C17H19FN4O3/c1-11-14(9-19-22(11)15-7-3-2-6-13(15)18)20-17(25)21-8-4-5-12(10-21)16(23)24/h2-3,6-7,9,12H,4-5,8,10H2,1H3,(H,20,25)(H,23,24). The highest BCUT2D eigenvalue weighted by molar-refractivity contribution is 5.90. The van der Waals surface area contributed by atoms with Gasteiger partial charge in [0.1, 0.15) is 11.5 Å². The van der Waals surface area contributed by atoms with Crippen LogP contribution in [-0.2, 0) is 4.79 Å². The number of likely N-dealkylation sites (tertiary alicyclic amines) is 1. The van der Waals surface area contributed by atoms with Gasteiger partial charge in [-0.25, -0.2) is 13.9 Å². The molecule has 0 bridgehead atoms. The van der Waals surface area contributed by atoms with Gasteiger partial charge in [-0.15, -0.1) is 0 Å². The van der Waals surface area contributed by atoms with Gasteiger partial charge < -0.3 is 15.3 Å². The van der Waals surface area contributed by atoms with E-state index in [1.54, 1.807) is 25.1 Å². The molecule has 1 atom stereocenters. The van der Waals surface area contributed by atoms with Crippen molar-refractivity contribution in [1.29, 1.82) is 0 Å². The number of carbonyl (C=O) groups excluding carboxylic acids is 1. The summed E-state index contributed by atoms with van der Waals surface area (Å²) in [5, 5.41) is 16.0. The molecule has 1 aliphatic rings. The summed E-state index contributed by atoms with van der Waals surface area (Å²) in [5.74, 6) is -1.84. The molecule has 1 unspecified atom stereocenters. The second kappa shape index (κ2) is 6.92. The number of hydrogen-bond donors (Lipinski definition) is 2. The van der Waals surface area contributed by atoms with Gasteiger partial charge in [0.15, 0.2) is 0 Å². The van der Waals surface area contributed by atoms with E-state index in [0.29, 0.717) is 36.5 Å². The highest BCUT2D eigenvalue weighted by Crippen LogP contribution is 2.22. The molecule has 1 aliphatic heterocycles. The van der Waals surface area contributed by atoms with E-state index >= 15 is 0 Å². The van der Waals surface area contributed by atoms with Gasteiger partial charge >= 0.3 is 12.0 Å². The summed E-state index contributed by atoms with van der Waals surface area (Å²) in [6.07, 6.45) is 2.68. The lowest BCUT2D eigenvalue weighted by molar-refractivity contribution is -0.143. The summed E-state index contributed by atoms with van der Waals surface area (Å²) in [6, 6.07) is 5.87. The molecule has 2 aromatic rings. The van der Waals surface area contributed by atoms with Crippen LogP contribution >= 0.6 is 0 Å². The maximum atomic E-state index is 13.9. The van der Waals surface area contributed by atoms with Crippen molar-refractivity contribution in [3.63, 3.8) is 0 Å². The van der Waals surface area contributed by atoms with Crippen molar-refractivity contribution in [1.82, 2.24) is 14.7 Å². The van der Waals surface area contributed by atoms with Gasteiger partial charge in [0.05, 0.1) is 23.5 Å².